The zero-order valence-corrected chi connectivity index (χ0v) is 19.3. The lowest BCUT2D eigenvalue weighted by atomic mass is 9.83. The predicted octanol–water partition coefficient (Wildman–Crippen LogP) is 7.01. The van der Waals surface area contributed by atoms with Crippen molar-refractivity contribution in [2.45, 2.75) is 58.8 Å². The van der Waals surface area contributed by atoms with Gasteiger partial charge in [0.1, 0.15) is 11.5 Å². The molecule has 0 amide bonds. The van der Waals surface area contributed by atoms with Gasteiger partial charge in [-0.3, -0.25) is 0 Å². The average Bonchev–Trinajstić information content (AvgIpc) is 2.54. The molecule has 0 aromatic heterocycles. The molecule has 2 aromatic rings. The lowest BCUT2D eigenvalue weighted by Gasteiger charge is -2.26. The molecule has 2 rings (SSSR count). The second kappa shape index (κ2) is 9.22. The van der Waals surface area contributed by atoms with Gasteiger partial charge in [0.25, 0.3) is 0 Å². The Bertz CT molecular complexity index is 774. The van der Waals surface area contributed by atoms with Crippen LogP contribution in [0.25, 0.3) is 0 Å². The standard InChI is InChI=1S/C21H28F2O4P2/c1-20(2,3)16-11-7-9-14(18(16)26-28(22)24)13-15-10-8-12-17(21(4,5)6)19(15)27-29(23)25/h7-12,24-25H,13H2,1-6H3. The fraction of sp³-hybridized carbons (Fsp3) is 0.429. The highest BCUT2D eigenvalue weighted by Crippen LogP contribution is 2.46. The normalized spacial score (nSPS) is 14.4. The summed E-state index contributed by atoms with van der Waals surface area (Å²) in [5.74, 6) is 0.546. The van der Waals surface area contributed by atoms with E-state index in [1.165, 1.54) is 0 Å². The maximum absolute atomic E-state index is 13.4. The van der Waals surface area contributed by atoms with Crippen molar-refractivity contribution in [1.82, 2.24) is 0 Å². The molecule has 2 atom stereocenters. The van der Waals surface area contributed by atoms with E-state index in [1.54, 1.807) is 12.1 Å². The highest BCUT2D eigenvalue weighted by molar-refractivity contribution is 7.40. The number of halogens is 2. The second-order valence-corrected chi connectivity index (χ2v) is 10.2. The van der Waals surface area contributed by atoms with Crippen molar-refractivity contribution in [3.05, 3.63) is 58.7 Å². The maximum Gasteiger partial charge on any atom is 0.436 e. The van der Waals surface area contributed by atoms with Gasteiger partial charge in [-0.15, -0.1) is 8.39 Å². The molecule has 0 spiro atoms. The first-order valence-corrected chi connectivity index (χ1v) is 11.4. The van der Waals surface area contributed by atoms with Crippen molar-refractivity contribution >= 4 is 17.4 Å². The monoisotopic (exact) mass is 444 g/mol. The first kappa shape index (κ1) is 24.0. The lowest BCUT2D eigenvalue weighted by molar-refractivity contribution is 0.419. The highest BCUT2D eigenvalue weighted by Gasteiger charge is 2.27. The molecule has 0 aliphatic rings. The van der Waals surface area contributed by atoms with Crippen LogP contribution in [0.5, 0.6) is 11.5 Å². The smallest absolute Gasteiger partial charge is 0.423 e. The molecular weight excluding hydrogens is 416 g/mol. The van der Waals surface area contributed by atoms with Crippen LogP contribution < -0.4 is 9.05 Å². The molecule has 0 saturated heterocycles. The van der Waals surface area contributed by atoms with Crippen molar-refractivity contribution in [3.8, 4) is 11.5 Å². The minimum absolute atomic E-state index is 0.255. The van der Waals surface area contributed by atoms with Gasteiger partial charge < -0.3 is 18.8 Å². The van der Waals surface area contributed by atoms with E-state index >= 15 is 0 Å². The maximum atomic E-state index is 13.4. The minimum Gasteiger partial charge on any atom is -0.423 e. The van der Waals surface area contributed by atoms with E-state index in [0.717, 1.165) is 11.1 Å². The molecule has 0 radical (unpaired) electrons. The summed E-state index contributed by atoms with van der Waals surface area (Å²) in [5.41, 5.74) is 2.07. The van der Waals surface area contributed by atoms with Crippen molar-refractivity contribution in [2.24, 2.45) is 0 Å². The molecule has 2 unspecified atom stereocenters. The number of hydrogen-bond acceptors (Lipinski definition) is 4. The average molecular weight is 444 g/mol. The van der Waals surface area contributed by atoms with Gasteiger partial charge in [0.05, 0.1) is 0 Å². The number of hydrogen-bond donors (Lipinski definition) is 2. The third kappa shape index (κ3) is 6.33. The van der Waals surface area contributed by atoms with Gasteiger partial charge in [-0.05, 0) is 22.0 Å². The molecule has 0 aliphatic carbocycles. The summed E-state index contributed by atoms with van der Waals surface area (Å²) < 4.78 is 37.3. The Balaban J connectivity index is 2.62. The minimum atomic E-state index is -3.11. The predicted molar refractivity (Wildman–Crippen MR) is 115 cm³/mol. The summed E-state index contributed by atoms with van der Waals surface area (Å²) in [7, 11) is -6.21. The van der Waals surface area contributed by atoms with Crippen LogP contribution >= 0.6 is 17.4 Å². The summed E-state index contributed by atoms with van der Waals surface area (Å²) in [6.45, 7) is 11.8. The van der Waals surface area contributed by atoms with Gasteiger partial charge in [-0.1, -0.05) is 77.9 Å². The van der Waals surface area contributed by atoms with Crippen LogP contribution in [0.4, 0.5) is 8.39 Å². The van der Waals surface area contributed by atoms with Gasteiger partial charge in [-0.2, -0.15) is 0 Å². The lowest BCUT2D eigenvalue weighted by Crippen LogP contribution is -2.15. The largest absolute Gasteiger partial charge is 0.436 e. The topological polar surface area (TPSA) is 58.9 Å². The van der Waals surface area contributed by atoms with Crippen LogP contribution in [0, 0.1) is 0 Å². The van der Waals surface area contributed by atoms with Gasteiger partial charge in [-0.25, -0.2) is 0 Å². The molecule has 4 nitrogen and oxygen atoms in total. The SMILES string of the molecule is CC(C)(C)c1cccc(Cc2cccc(C(C)(C)C)c2OP(O)F)c1OP(O)F. The van der Waals surface area contributed by atoms with Gasteiger partial charge in [0, 0.05) is 17.5 Å². The van der Waals surface area contributed by atoms with Gasteiger partial charge in [0.15, 0.2) is 0 Å². The number of rotatable bonds is 6. The zero-order valence-electron chi connectivity index (χ0n) is 17.5. The Morgan fingerprint density at radius 3 is 1.34 bits per heavy atom. The van der Waals surface area contributed by atoms with Crippen molar-refractivity contribution in [1.29, 1.82) is 0 Å². The fourth-order valence-corrected chi connectivity index (χ4v) is 3.93. The van der Waals surface area contributed by atoms with Crippen LogP contribution in [0.1, 0.15) is 63.8 Å². The Labute approximate surface area is 174 Å². The van der Waals surface area contributed by atoms with Gasteiger partial charge in [0.2, 0.25) is 0 Å². The summed E-state index contributed by atoms with van der Waals surface area (Å²) in [5, 5.41) is 0. The Kier molecular flexibility index (Phi) is 7.62. The van der Waals surface area contributed by atoms with E-state index < -0.39 is 17.4 Å². The van der Waals surface area contributed by atoms with Gasteiger partial charge >= 0.3 is 17.4 Å². The van der Waals surface area contributed by atoms with Crippen LogP contribution in [-0.2, 0) is 17.3 Å². The summed E-state index contributed by atoms with van der Waals surface area (Å²) in [4.78, 5) is 18.6. The molecular formula is C21H28F2O4P2. The quantitative estimate of drug-likeness (QED) is 0.471. The molecule has 0 heterocycles. The van der Waals surface area contributed by atoms with E-state index in [4.69, 9.17) is 9.05 Å². The van der Waals surface area contributed by atoms with E-state index in [1.807, 2.05) is 65.8 Å². The van der Waals surface area contributed by atoms with E-state index in [-0.39, 0.29) is 28.7 Å². The molecule has 29 heavy (non-hydrogen) atoms. The van der Waals surface area contributed by atoms with Crippen molar-refractivity contribution in [2.75, 3.05) is 0 Å². The molecule has 2 aromatic carbocycles. The second-order valence-electron chi connectivity index (χ2n) is 8.90. The summed E-state index contributed by atoms with van der Waals surface area (Å²) in [6, 6.07) is 10.9. The van der Waals surface area contributed by atoms with Crippen molar-refractivity contribution < 1.29 is 27.2 Å². The van der Waals surface area contributed by atoms with Crippen LogP contribution in [0.15, 0.2) is 36.4 Å². The van der Waals surface area contributed by atoms with E-state index in [2.05, 4.69) is 0 Å². The first-order chi connectivity index (χ1) is 13.3. The third-order valence-electron chi connectivity index (χ3n) is 4.52. The Morgan fingerprint density at radius 2 is 1.07 bits per heavy atom. The zero-order chi connectivity index (χ0) is 22.0. The van der Waals surface area contributed by atoms with E-state index in [0.29, 0.717) is 11.1 Å². The summed E-state index contributed by atoms with van der Waals surface area (Å²) >= 11 is 0. The highest BCUT2D eigenvalue weighted by atomic mass is 31.2. The van der Waals surface area contributed by atoms with Crippen LogP contribution in [0.2, 0.25) is 0 Å². The fourth-order valence-electron chi connectivity index (χ4n) is 3.20. The molecule has 2 N–H and O–H groups in total. The number of para-hydroxylation sites is 2. The third-order valence-corrected chi connectivity index (χ3v) is 5.19. The van der Waals surface area contributed by atoms with Crippen molar-refractivity contribution in [3.63, 3.8) is 0 Å². The molecule has 8 heteroatoms. The molecule has 0 aliphatic heterocycles. The molecule has 0 fully saturated rings. The Morgan fingerprint density at radius 1 is 0.724 bits per heavy atom. The van der Waals surface area contributed by atoms with Crippen LogP contribution in [0.3, 0.4) is 0 Å². The first-order valence-electron chi connectivity index (χ1n) is 9.21. The Hall–Kier alpha value is -1.32. The molecule has 0 bridgehead atoms. The molecule has 0 saturated carbocycles. The van der Waals surface area contributed by atoms with E-state index in [9.17, 15) is 18.2 Å². The molecule has 160 valence electrons. The van der Waals surface area contributed by atoms with Crippen LogP contribution in [-0.4, -0.2) is 9.79 Å². The summed E-state index contributed by atoms with van der Waals surface area (Å²) in [6.07, 6.45) is 0.255. The number of benzene rings is 2.